The van der Waals surface area contributed by atoms with Crippen LogP contribution in [0.2, 0.25) is 0 Å². The number of rotatable bonds is 7. The van der Waals surface area contributed by atoms with Crippen molar-refractivity contribution in [1.82, 2.24) is 10.6 Å². The van der Waals surface area contributed by atoms with Crippen LogP contribution in [-0.2, 0) is 6.54 Å². The summed E-state index contributed by atoms with van der Waals surface area (Å²) in [6.07, 6.45) is 2.30. The SMILES string of the molecule is CC(C)Oc1ccc(C(N)=O)cc1CN[C@H]1CCCN[C@@H]1c1ccccc1. The molecule has 27 heavy (non-hydrogen) atoms. The third-order valence-corrected chi connectivity index (χ3v) is 4.88. The van der Waals surface area contributed by atoms with Crippen LogP contribution in [0.4, 0.5) is 0 Å². The molecule has 2 atom stereocenters. The largest absolute Gasteiger partial charge is 0.491 e. The van der Waals surface area contributed by atoms with Gasteiger partial charge in [-0.2, -0.15) is 0 Å². The second kappa shape index (κ2) is 9.02. The summed E-state index contributed by atoms with van der Waals surface area (Å²) in [5.41, 5.74) is 8.21. The summed E-state index contributed by atoms with van der Waals surface area (Å²) in [6.45, 7) is 5.64. The predicted molar refractivity (Wildman–Crippen MR) is 108 cm³/mol. The summed E-state index contributed by atoms with van der Waals surface area (Å²) in [6, 6.07) is 16.5. The van der Waals surface area contributed by atoms with Crippen LogP contribution in [-0.4, -0.2) is 24.6 Å². The number of ether oxygens (including phenoxy) is 1. The van der Waals surface area contributed by atoms with Gasteiger partial charge in [0.15, 0.2) is 0 Å². The molecule has 144 valence electrons. The van der Waals surface area contributed by atoms with Crippen molar-refractivity contribution in [2.45, 2.75) is 51.4 Å². The molecule has 1 saturated heterocycles. The minimum atomic E-state index is -0.422. The van der Waals surface area contributed by atoms with Crippen LogP contribution in [0.1, 0.15) is 54.2 Å². The average Bonchev–Trinajstić information content (AvgIpc) is 2.67. The fourth-order valence-electron chi connectivity index (χ4n) is 3.60. The molecule has 4 N–H and O–H groups in total. The summed E-state index contributed by atoms with van der Waals surface area (Å²) in [7, 11) is 0. The quantitative estimate of drug-likeness (QED) is 0.703. The van der Waals surface area contributed by atoms with Crippen molar-refractivity contribution in [3.05, 3.63) is 65.2 Å². The zero-order valence-electron chi connectivity index (χ0n) is 16.1. The molecule has 5 nitrogen and oxygen atoms in total. The third-order valence-electron chi connectivity index (χ3n) is 4.88. The highest BCUT2D eigenvalue weighted by molar-refractivity contribution is 5.93. The molecule has 1 heterocycles. The Bertz CT molecular complexity index is 761. The fourth-order valence-corrected chi connectivity index (χ4v) is 3.60. The molecule has 5 heteroatoms. The zero-order chi connectivity index (χ0) is 19.2. The highest BCUT2D eigenvalue weighted by atomic mass is 16.5. The van der Waals surface area contributed by atoms with Crippen LogP contribution in [0.15, 0.2) is 48.5 Å². The maximum Gasteiger partial charge on any atom is 0.248 e. The first-order valence-electron chi connectivity index (χ1n) is 9.65. The number of piperidine rings is 1. The minimum absolute atomic E-state index is 0.0663. The van der Waals surface area contributed by atoms with Crippen molar-refractivity contribution >= 4 is 5.91 Å². The van der Waals surface area contributed by atoms with E-state index < -0.39 is 5.91 Å². The normalized spacial score (nSPS) is 19.8. The standard InChI is InChI=1S/C22H29N3O2/c1-15(2)27-20-11-10-17(22(23)26)13-18(20)14-25-19-9-6-12-24-21(19)16-7-4-3-5-8-16/h3-5,7-8,10-11,13,15,19,21,24-25H,6,9,12,14H2,1-2H3,(H2,23,26)/t19-,21+/m0/s1. The minimum Gasteiger partial charge on any atom is -0.491 e. The molecule has 0 saturated carbocycles. The Hall–Kier alpha value is -2.37. The first-order chi connectivity index (χ1) is 13.0. The van der Waals surface area contributed by atoms with Gasteiger partial charge in [-0.05, 0) is 57.0 Å². The van der Waals surface area contributed by atoms with Crippen LogP contribution < -0.4 is 21.1 Å². The number of hydrogen-bond acceptors (Lipinski definition) is 4. The van der Waals surface area contributed by atoms with Gasteiger partial charge >= 0.3 is 0 Å². The number of carbonyl (C=O) groups excluding carboxylic acids is 1. The lowest BCUT2D eigenvalue weighted by atomic mass is 9.92. The molecule has 3 rings (SSSR count). The maximum atomic E-state index is 11.6. The first kappa shape index (κ1) is 19.4. The van der Waals surface area contributed by atoms with Gasteiger partial charge in [0.2, 0.25) is 5.91 Å². The summed E-state index contributed by atoms with van der Waals surface area (Å²) >= 11 is 0. The van der Waals surface area contributed by atoms with Crippen molar-refractivity contribution in [2.75, 3.05) is 6.54 Å². The van der Waals surface area contributed by atoms with Gasteiger partial charge in [0.1, 0.15) is 5.75 Å². The molecule has 2 aromatic rings. The van der Waals surface area contributed by atoms with E-state index in [0.29, 0.717) is 18.2 Å². The molecule has 0 unspecified atom stereocenters. The molecule has 1 fully saturated rings. The van der Waals surface area contributed by atoms with E-state index in [1.54, 1.807) is 6.07 Å². The Kier molecular flexibility index (Phi) is 6.48. The summed E-state index contributed by atoms with van der Waals surface area (Å²) in [5.74, 6) is 0.372. The molecular formula is C22H29N3O2. The lowest BCUT2D eigenvalue weighted by Crippen LogP contribution is -2.45. The lowest BCUT2D eigenvalue weighted by Gasteiger charge is -2.34. The number of carbonyl (C=O) groups is 1. The third kappa shape index (κ3) is 5.08. The van der Waals surface area contributed by atoms with E-state index in [0.717, 1.165) is 30.7 Å². The first-order valence-corrected chi connectivity index (χ1v) is 9.65. The zero-order valence-corrected chi connectivity index (χ0v) is 16.1. The second-order valence-electron chi connectivity index (χ2n) is 7.33. The van der Waals surface area contributed by atoms with E-state index >= 15 is 0 Å². The van der Waals surface area contributed by atoms with Gasteiger partial charge in [-0.1, -0.05) is 30.3 Å². The number of benzene rings is 2. The van der Waals surface area contributed by atoms with Crippen molar-refractivity contribution in [3.63, 3.8) is 0 Å². The predicted octanol–water partition coefficient (Wildman–Crippen LogP) is 3.16. The van der Waals surface area contributed by atoms with Crippen molar-refractivity contribution < 1.29 is 9.53 Å². The molecule has 1 aliphatic heterocycles. The number of nitrogens with one attached hydrogen (secondary N) is 2. The van der Waals surface area contributed by atoms with E-state index in [4.69, 9.17) is 10.5 Å². The fraction of sp³-hybridized carbons (Fsp3) is 0.409. The molecule has 0 aromatic heterocycles. The Morgan fingerprint density at radius 3 is 2.74 bits per heavy atom. The molecule has 2 aromatic carbocycles. The van der Waals surface area contributed by atoms with Gasteiger partial charge in [0.05, 0.1) is 6.10 Å². The molecule has 1 amide bonds. The second-order valence-corrected chi connectivity index (χ2v) is 7.33. The Labute approximate surface area is 161 Å². The Morgan fingerprint density at radius 2 is 2.04 bits per heavy atom. The van der Waals surface area contributed by atoms with Crippen molar-refractivity contribution in [1.29, 1.82) is 0 Å². The summed E-state index contributed by atoms with van der Waals surface area (Å²) < 4.78 is 5.92. The van der Waals surface area contributed by atoms with Gasteiger partial charge in [-0.15, -0.1) is 0 Å². The van der Waals surface area contributed by atoms with Crippen LogP contribution in [0.3, 0.4) is 0 Å². The summed E-state index contributed by atoms with van der Waals surface area (Å²) in [4.78, 5) is 11.6. The molecular weight excluding hydrogens is 338 g/mol. The van der Waals surface area contributed by atoms with Gasteiger partial charge in [0, 0.05) is 29.8 Å². The van der Waals surface area contributed by atoms with Gasteiger partial charge < -0.3 is 21.1 Å². The van der Waals surface area contributed by atoms with Gasteiger partial charge in [-0.25, -0.2) is 0 Å². The van der Waals surface area contributed by atoms with Crippen LogP contribution in [0.5, 0.6) is 5.75 Å². The van der Waals surface area contributed by atoms with E-state index in [1.807, 2.05) is 32.0 Å². The molecule has 0 aliphatic carbocycles. The lowest BCUT2D eigenvalue weighted by molar-refractivity contribution is 0.1000. The van der Waals surface area contributed by atoms with Gasteiger partial charge in [-0.3, -0.25) is 4.79 Å². The number of nitrogens with two attached hydrogens (primary N) is 1. The van der Waals surface area contributed by atoms with Crippen molar-refractivity contribution in [2.24, 2.45) is 5.73 Å². The molecule has 1 aliphatic rings. The van der Waals surface area contributed by atoms with Crippen molar-refractivity contribution in [3.8, 4) is 5.75 Å². The monoisotopic (exact) mass is 367 g/mol. The Morgan fingerprint density at radius 1 is 1.26 bits per heavy atom. The van der Waals surface area contributed by atoms with Gasteiger partial charge in [0.25, 0.3) is 0 Å². The van der Waals surface area contributed by atoms with Crippen LogP contribution in [0, 0.1) is 0 Å². The van der Waals surface area contributed by atoms with Crippen LogP contribution in [0.25, 0.3) is 0 Å². The maximum absolute atomic E-state index is 11.6. The van der Waals surface area contributed by atoms with Crippen LogP contribution >= 0.6 is 0 Å². The number of amides is 1. The summed E-state index contributed by atoms with van der Waals surface area (Å²) in [5, 5.41) is 7.30. The molecule has 0 bridgehead atoms. The van der Waals surface area contributed by atoms with E-state index in [9.17, 15) is 4.79 Å². The molecule has 0 radical (unpaired) electrons. The highest BCUT2D eigenvalue weighted by Crippen LogP contribution is 2.26. The van der Waals surface area contributed by atoms with E-state index in [2.05, 4.69) is 34.9 Å². The highest BCUT2D eigenvalue weighted by Gasteiger charge is 2.26. The topological polar surface area (TPSA) is 76.4 Å². The number of hydrogen-bond donors (Lipinski definition) is 3. The average molecular weight is 367 g/mol. The van der Waals surface area contributed by atoms with E-state index in [1.165, 1.54) is 5.56 Å². The number of primary amides is 1. The smallest absolute Gasteiger partial charge is 0.248 e. The molecule has 0 spiro atoms. The van der Waals surface area contributed by atoms with E-state index in [-0.39, 0.29) is 12.1 Å². The Balaban J connectivity index is 1.77.